The SMILES string of the molecule is Cc1cc(C)n(-c2nc(C)c(Br)c(N3CCN(C)CC3)n2)n1. The number of nitrogens with zero attached hydrogens (tertiary/aromatic N) is 6. The van der Waals surface area contributed by atoms with Gasteiger partial charge in [-0.25, -0.2) is 9.67 Å². The molecule has 0 atom stereocenters. The van der Waals surface area contributed by atoms with Crippen molar-refractivity contribution in [1.29, 1.82) is 0 Å². The Morgan fingerprint density at radius 3 is 2.32 bits per heavy atom. The molecule has 1 fully saturated rings. The zero-order chi connectivity index (χ0) is 15.9. The smallest absolute Gasteiger partial charge is 0.253 e. The Bertz CT molecular complexity index is 688. The van der Waals surface area contributed by atoms with Crippen LogP contribution in [0, 0.1) is 20.8 Å². The van der Waals surface area contributed by atoms with E-state index in [-0.39, 0.29) is 0 Å². The minimum Gasteiger partial charge on any atom is -0.353 e. The predicted molar refractivity (Wildman–Crippen MR) is 90.8 cm³/mol. The van der Waals surface area contributed by atoms with Crippen molar-refractivity contribution in [3.05, 3.63) is 27.6 Å². The van der Waals surface area contributed by atoms with Gasteiger partial charge in [0.05, 0.1) is 15.9 Å². The number of likely N-dealkylation sites (N-methyl/N-ethyl adjacent to an activating group) is 1. The van der Waals surface area contributed by atoms with Crippen LogP contribution in [0.15, 0.2) is 10.5 Å². The number of halogens is 1. The average molecular weight is 365 g/mol. The molecule has 1 saturated heterocycles. The molecule has 0 saturated carbocycles. The molecule has 0 aliphatic carbocycles. The van der Waals surface area contributed by atoms with Crippen LogP contribution in [0.1, 0.15) is 17.1 Å². The van der Waals surface area contributed by atoms with Gasteiger partial charge in [-0.2, -0.15) is 10.1 Å². The van der Waals surface area contributed by atoms with E-state index in [2.05, 4.69) is 42.9 Å². The first-order valence-corrected chi connectivity index (χ1v) is 8.26. The zero-order valence-corrected chi connectivity index (χ0v) is 15.1. The number of anilines is 1. The number of hydrogen-bond donors (Lipinski definition) is 0. The molecular weight excluding hydrogens is 344 g/mol. The van der Waals surface area contributed by atoms with Crippen molar-refractivity contribution in [3.8, 4) is 5.95 Å². The maximum atomic E-state index is 4.78. The molecule has 2 aromatic rings. The maximum Gasteiger partial charge on any atom is 0.253 e. The topological polar surface area (TPSA) is 50.1 Å². The highest BCUT2D eigenvalue weighted by Crippen LogP contribution is 2.28. The van der Waals surface area contributed by atoms with Crippen LogP contribution in [-0.4, -0.2) is 57.9 Å². The lowest BCUT2D eigenvalue weighted by atomic mass is 10.3. The summed E-state index contributed by atoms with van der Waals surface area (Å²) in [6.45, 7) is 10.0. The van der Waals surface area contributed by atoms with Crippen LogP contribution in [0.3, 0.4) is 0 Å². The van der Waals surface area contributed by atoms with Gasteiger partial charge in [0.1, 0.15) is 5.82 Å². The molecule has 3 rings (SSSR count). The largest absolute Gasteiger partial charge is 0.353 e. The Morgan fingerprint density at radius 1 is 1.05 bits per heavy atom. The third-order valence-corrected chi connectivity index (χ3v) is 4.92. The summed E-state index contributed by atoms with van der Waals surface area (Å²) in [5, 5.41) is 4.50. The standard InChI is InChI=1S/C15H21BrN6/c1-10-9-11(2)22(19-10)15-17-12(3)13(16)14(18-15)21-7-5-20(4)6-8-21/h9H,5-8H2,1-4H3. The zero-order valence-electron chi connectivity index (χ0n) is 13.5. The molecule has 0 aromatic carbocycles. The molecule has 0 unspecified atom stereocenters. The Balaban J connectivity index is 2.02. The summed E-state index contributed by atoms with van der Waals surface area (Å²) in [4.78, 5) is 14.0. The van der Waals surface area contributed by atoms with E-state index in [0.717, 1.165) is 53.6 Å². The second-order valence-electron chi connectivity index (χ2n) is 5.88. The molecule has 0 bridgehead atoms. The van der Waals surface area contributed by atoms with Crippen molar-refractivity contribution in [3.63, 3.8) is 0 Å². The van der Waals surface area contributed by atoms with E-state index in [0.29, 0.717) is 5.95 Å². The highest BCUT2D eigenvalue weighted by Gasteiger charge is 2.21. The number of aromatic nitrogens is 4. The summed E-state index contributed by atoms with van der Waals surface area (Å²) >= 11 is 3.65. The highest BCUT2D eigenvalue weighted by atomic mass is 79.9. The third kappa shape index (κ3) is 2.87. The Morgan fingerprint density at radius 2 is 1.73 bits per heavy atom. The van der Waals surface area contributed by atoms with Gasteiger partial charge in [-0.3, -0.25) is 0 Å². The third-order valence-electron chi connectivity index (χ3n) is 3.99. The Labute approximate surface area is 139 Å². The normalized spacial score (nSPS) is 16.3. The lowest BCUT2D eigenvalue weighted by Crippen LogP contribution is -2.45. The Kier molecular flexibility index (Phi) is 4.18. The molecule has 118 valence electrons. The van der Waals surface area contributed by atoms with Crippen LogP contribution in [0.25, 0.3) is 5.95 Å². The molecule has 2 aromatic heterocycles. The fraction of sp³-hybridized carbons (Fsp3) is 0.533. The minimum absolute atomic E-state index is 0.639. The fourth-order valence-corrected chi connectivity index (χ4v) is 3.11. The number of piperazine rings is 1. The first-order valence-electron chi connectivity index (χ1n) is 7.47. The van der Waals surface area contributed by atoms with Gasteiger partial charge in [0.2, 0.25) is 0 Å². The summed E-state index contributed by atoms with van der Waals surface area (Å²) in [6.07, 6.45) is 0. The van der Waals surface area contributed by atoms with E-state index in [1.807, 2.05) is 31.5 Å². The molecule has 0 radical (unpaired) electrons. The van der Waals surface area contributed by atoms with Crippen molar-refractivity contribution in [1.82, 2.24) is 24.6 Å². The van der Waals surface area contributed by atoms with Gasteiger partial charge < -0.3 is 9.80 Å². The fourth-order valence-electron chi connectivity index (χ4n) is 2.68. The molecule has 1 aliphatic heterocycles. The molecule has 1 aliphatic rings. The van der Waals surface area contributed by atoms with E-state index in [4.69, 9.17) is 4.98 Å². The lowest BCUT2D eigenvalue weighted by Gasteiger charge is -2.34. The van der Waals surface area contributed by atoms with Crippen molar-refractivity contribution in [2.75, 3.05) is 38.1 Å². The molecule has 0 amide bonds. The molecular formula is C15H21BrN6. The monoisotopic (exact) mass is 364 g/mol. The first kappa shape index (κ1) is 15.4. The van der Waals surface area contributed by atoms with Gasteiger partial charge in [-0.1, -0.05) is 0 Å². The predicted octanol–water partition coefficient (Wildman–Crippen LogP) is 2.10. The maximum absolute atomic E-state index is 4.78. The van der Waals surface area contributed by atoms with Crippen molar-refractivity contribution >= 4 is 21.7 Å². The van der Waals surface area contributed by atoms with E-state index in [1.165, 1.54) is 0 Å². The van der Waals surface area contributed by atoms with Gasteiger partial charge in [0.25, 0.3) is 5.95 Å². The Hall–Kier alpha value is -1.47. The van der Waals surface area contributed by atoms with Crippen molar-refractivity contribution < 1.29 is 0 Å². The van der Waals surface area contributed by atoms with E-state index < -0.39 is 0 Å². The van der Waals surface area contributed by atoms with Gasteiger partial charge in [0, 0.05) is 31.9 Å². The summed E-state index contributed by atoms with van der Waals surface area (Å²) < 4.78 is 2.79. The van der Waals surface area contributed by atoms with E-state index in [1.54, 1.807) is 0 Å². The van der Waals surface area contributed by atoms with Gasteiger partial charge in [-0.05, 0) is 49.8 Å². The molecule has 7 heteroatoms. The van der Waals surface area contributed by atoms with Crippen LogP contribution in [-0.2, 0) is 0 Å². The number of aryl methyl sites for hydroxylation is 3. The molecule has 3 heterocycles. The number of rotatable bonds is 2. The second-order valence-corrected chi connectivity index (χ2v) is 6.67. The minimum atomic E-state index is 0.639. The lowest BCUT2D eigenvalue weighted by molar-refractivity contribution is 0.312. The molecule has 0 N–H and O–H groups in total. The van der Waals surface area contributed by atoms with E-state index in [9.17, 15) is 0 Å². The van der Waals surface area contributed by atoms with Crippen LogP contribution >= 0.6 is 15.9 Å². The molecule has 6 nitrogen and oxygen atoms in total. The molecule has 22 heavy (non-hydrogen) atoms. The van der Waals surface area contributed by atoms with Gasteiger partial charge >= 0.3 is 0 Å². The summed E-state index contributed by atoms with van der Waals surface area (Å²) in [6, 6.07) is 2.04. The second kappa shape index (κ2) is 5.96. The van der Waals surface area contributed by atoms with Crippen molar-refractivity contribution in [2.24, 2.45) is 0 Å². The van der Waals surface area contributed by atoms with Gasteiger partial charge in [0.15, 0.2) is 0 Å². The van der Waals surface area contributed by atoms with Crippen LogP contribution < -0.4 is 4.90 Å². The average Bonchev–Trinajstić information content (AvgIpc) is 2.82. The summed E-state index contributed by atoms with van der Waals surface area (Å²) in [5.74, 6) is 1.60. The number of hydrogen-bond acceptors (Lipinski definition) is 5. The van der Waals surface area contributed by atoms with Crippen LogP contribution in [0.4, 0.5) is 5.82 Å². The van der Waals surface area contributed by atoms with Crippen LogP contribution in [0.5, 0.6) is 0 Å². The quantitative estimate of drug-likeness (QED) is 0.816. The van der Waals surface area contributed by atoms with E-state index >= 15 is 0 Å². The van der Waals surface area contributed by atoms with Crippen LogP contribution in [0.2, 0.25) is 0 Å². The van der Waals surface area contributed by atoms with Gasteiger partial charge in [-0.15, -0.1) is 0 Å². The summed E-state index contributed by atoms with van der Waals surface area (Å²) in [5.41, 5.74) is 2.96. The molecule has 0 spiro atoms. The summed E-state index contributed by atoms with van der Waals surface area (Å²) in [7, 11) is 2.15. The first-order chi connectivity index (χ1) is 10.5. The highest BCUT2D eigenvalue weighted by molar-refractivity contribution is 9.10. The van der Waals surface area contributed by atoms with Crippen molar-refractivity contribution in [2.45, 2.75) is 20.8 Å².